The Morgan fingerprint density at radius 2 is 1.85 bits per heavy atom. The van der Waals surface area contributed by atoms with E-state index >= 15 is 0 Å². The molecule has 2 rings (SSSR count). The highest BCUT2D eigenvalue weighted by Crippen LogP contribution is 2.17. The number of nitrogens with zero attached hydrogens (tertiary/aromatic N) is 1. The van der Waals surface area contributed by atoms with Crippen molar-refractivity contribution in [2.24, 2.45) is 11.8 Å². The number of carbonyl (C=O) groups is 4. The fourth-order valence-electron chi connectivity index (χ4n) is 3.88. The number of phenols is 1. The lowest BCUT2D eigenvalue weighted by Gasteiger charge is -2.36. The molecule has 33 heavy (non-hydrogen) atoms. The molecule has 1 aromatic carbocycles. The van der Waals surface area contributed by atoms with Gasteiger partial charge in [0.25, 0.3) is 5.91 Å². The van der Waals surface area contributed by atoms with Crippen molar-refractivity contribution < 1.29 is 24.3 Å². The van der Waals surface area contributed by atoms with Crippen LogP contribution in [-0.4, -0.2) is 58.3 Å². The summed E-state index contributed by atoms with van der Waals surface area (Å²) in [6, 6.07) is 4.28. The minimum absolute atomic E-state index is 0.0339. The number of phenolic OH excluding ortho intramolecular Hbond substituents is 1. The molecule has 1 saturated heterocycles. The lowest BCUT2D eigenvalue weighted by molar-refractivity contribution is -0.143. The van der Waals surface area contributed by atoms with Crippen molar-refractivity contribution in [3.63, 3.8) is 0 Å². The zero-order valence-corrected chi connectivity index (χ0v) is 20.1. The Kier molecular flexibility index (Phi) is 9.40. The van der Waals surface area contributed by atoms with Crippen LogP contribution in [0.3, 0.4) is 0 Å². The molecule has 9 nitrogen and oxygen atoms in total. The van der Waals surface area contributed by atoms with Gasteiger partial charge in [0.05, 0.1) is 6.04 Å². The van der Waals surface area contributed by atoms with Gasteiger partial charge in [0, 0.05) is 25.8 Å². The van der Waals surface area contributed by atoms with Crippen molar-refractivity contribution in [3.05, 3.63) is 29.8 Å². The summed E-state index contributed by atoms with van der Waals surface area (Å²) in [5, 5.41) is 16.6. The largest absolute Gasteiger partial charge is 0.508 e. The molecule has 3 amide bonds. The summed E-state index contributed by atoms with van der Waals surface area (Å²) >= 11 is 0. The highest BCUT2D eigenvalue weighted by atomic mass is 16.3. The second kappa shape index (κ2) is 11.8. The molecule has 0 radical (unpaired) electrons. The lowest BCUT2D eigenvalue weighted by atomic mass is 9.96. The van der Waals surface area contributed by atoms with Gasteiger partial charge in [-0.05, 0) is 36.5 Å². The Morgan fingerprint density at radius 1 is 1.15 bits per heavy atom. The van der Waals surface area contributed by atoms with Crippen molar-refractivity contribution in [3.8, 4) is 5.75 Å². The molecule has 1 fully saturated rings. The maximum Gasteiger partial charge on any atom is 0.259 e. The number of hydrazine groups is 1. The molecule has 0 bridgehead atoms. The summed E-state index contributed by atoms with van der Waals surface area (Å²) in [6.45, 7) is 9.00. The summed E-state index contributed by atoms with van der Waals surface area (Å²) in [6.07, 6.45) is 1.45. The molecule has 1 aliphatic rings. The Hall–Kier alpha value is -2.94. The molecule has 3 atom stereocenters. The van der Waals surface area contributed by atoms with E-state index < -0.39 is 24.0 Å². The second-order valence-corrected chi connectivity index (χ2v) is 9.23. The second-order valence-electron chi connectivity index (χ2n) is 9.23. The van der Waals surface area contributed by atoms with Crippen LogP contribution >= 0.6 is 0 Å². The van der Waals surface area contributed by atoms with Gasteiger partial charge in [0.2, 0.25) is 11.8 Å². The maximum atomic E-state index is 13.5. The molecule has 1 aliphatic heterocycles. The van der Waals surface area contributed by atoms with Crippen molar-refractivity contribution in [1.29, 1.82) is 0 Å². The van der Waals surface area contributed by atoms with E-state index in [2.05, 4.69) is 16.1 Å². The standard InChI is InChI=1S/C24H36N4O5/c1-14(2)21(25-16(5)29)23(32)26-20(13-17-8-6-9-18(30)12-17)24(33)28-11-7-10-19(27-28)22(31)15(3)4/h6,8-9,12,14-15,19-21,27,30H,7,10-11,13H2,1-5H3,(H,25,29)(H,26,32). The number of carbonyl (C=O) groups excluding carboxylic acids is 4. The monoisotopic (exact) mass is 460 g/mol. The topological polar surface area (TPSA) is 128 Å². The van der Waals surface area contributed by atoms with E-state index in [1.165, 1.54) is 24.1 Å². The van der Waals surface area contributed by atoms with E-state index in [1.807, 2.05) is 13.8 Å². The zero-order valence-electron chi connectivity index (χ0n) is 20.1. The first-order valence-corrected chi connectivity index (χ1v) is 11.5. The molecule has 3 unspecified atom stereocenters. The Balaban J connectivity index is 2.25. The van der Waals surface area contributed by atoms with Crippen LogP contribution in [0.4, 0.5) is 0 Å². The third-order valence-corrected chi connectivity index (χ3v) is 5.64. The predicted octanol–water partition coefficient (Wildman–Crippen LogP) is 1.30. The van der Waals surface area contributed by atoms with Crippen LogP contribution in [0.25, 0.3) is 0 Å². The van der Waals surface area contributed by atoms with E-state index in [1.54, 1.807) is 26.0 Å². The van der Waals surface area contributed by atoms with Gasteiger partial charge in [-0.15, -0.1) is 0 Å². The summed E-state index contributed by atoms with van der Waals surface area (Å²) in [4.78, 5) is 50.5. The first-order chi connectivity index (χ1) is 15.5. The molecular weight excluding hydrogens is 424 g/mol. The van der Waals surface area contributed by atoms with Gasteiger partial charge in [-0.2, -0.15) is 0 Å². The number of nitrogens with one attached hydrogen (secondary N) is 3. The number of amides is 3. The molecule has 182 valence electrons. The van der Waals surface area contributed by atoms with Crippen LogP contribution < -0.4 is 16.1 Å². The minimum Gasteiger partial charge on any atom is -0.508 e. The molecule has 1 aromatic rings. The number of hydrogen-bond donors (Lipinski definition) is 4. The lowest BCUT2D eigenvalue weighted by Crippen LogP contribution is -2.62. The highest BCUT2D eigenvalue weighted by Gasteiger charge is 2.34. The Morgan fingerprint density at radius 3 is 2.42 bits per heavy atom. The summed E-state index contributed by atoms with van der Waals surface area (Å²) in [7, 11) is 0. The van der Waals surface area contributed by atoms with Crippen LogP contribution in [0.5, 0.6) is 5.75 Å². The smallest absolute Gasteiger partial charge is 0.259 e. The van der Waals surface area contributed by atoms with Gasteiger partial charge in [-0.3, -0.25) is 24.2 Å². The molecule has 0 aromatic heterocycles. The Labute approximate surface area is 195 Å². The number of benzene rings is 1. The minimum atomic E-state index is -0.949. The molecule has 4 N–H and O–H groups in total. The van der Waals surface area contributed by atoms with Crippen molar-refractivity contribution in [1.82, 2.24) is 21.1 Å². The fourth-order valence-corrected chi connectivity index (χ4v) is 3.88. The van der Waals surface area contributed by atoms with Gasteiger partial charge in [-0.25, -0.2) is 5.43 Å². The zero-order chi connectivity index (χ0) is 24.7. The van der Waals surface area contributed by atoms with E-state index in [0.29, 0.717) is 24.9 Å². The number of Topliss-reactive ketones (excluding diaryl/α,β-unsaturated/α-hetero) is 1. The predicted molar refractivity (Wildman–Crippen MR) is 124 cm³/mol. The molecule has 0 spiro atoms. The SMILES string of the molecule is CC(=O)NC(C(=O)NC(Cc1cccc(O)c1)C(=O)N1CCCC(C(=O)C(C)C)N1)C(C)C. The highest BCUT2D eigenvalue weighted by molar-refractivity contribution is 5.92. The van der Waals surface area contributed by atoms with Gasteiger partial charge in [0.1, 0.15) is 17.8 Å². The van der Waals surface area contributed by atoms with Crippen molar-refractivity contribution in [2.45, 2.75) is 72.0 Å². The molecule has 1 heterocycles. The van der Waals surface area contributed by atoms with E-state index in [9.17, 15) is 24.3 Å². The first-order valence-electron chi connectivity index (χ1n) is 11.5. The van der Waals surface area contributed by atoms with Gasteiger partial charge in [-0.1, -0.05) is 39.8 Å². The first kappa shape index (κ1) is 26.3. The Bertz CT molecular complexity index is 870. The van der Waals surface area contributed by atoms with Crippen molar-refractivity contribution in [2.75, 3.05) is 6.54 Å². The van der Waals surface area contributed by atoms with E-state index in [4.69, 9.17) is 0 Å². The number of rotatable bonds is 9. The van der Waals surface area contributed by atoms with Crippen LogP contribution in [0.15, 0.2) is 24.3 Å². The maximum absolute atomic E-state index is 13.5. The van der Waals surface area contributed by atoms with Gasteiger partial charge in [0.15, 0.2) is 5.78 Å². The van der Waals surface area contributed by atoms with Crippen LogP contribution in [0, 0.1) is 11.8 Å². The van der Waals surface area contributed by atoms with Crippen molar-refractivity contribution >= 4 is 23.5 Å². The quantitative estimate of drug-likeness (QED) is 0.440. The number of aromatic hydroxyl groups is 1. The average molecular weight is 461 g/mol. The molecular formula is C24H36N4O5. The number of hydrogen-bond acceptors (Lipinski definition) is 6. The van der Waals surface area contributed by atoms with Crippen LogP contribution in [-0.2, 0) is 25.6 Å². The van der Waals surface area contributed by atoms with Gasteiger partial charge < -0.3 is 15.7 Å². The van der Waals surface area contributed by atoms with Gasteiger partial charge >= 0.3 is 0 Å². The fraction of sp³-hybridized carbons (Fsp3) is 0.583. The van der Waals surface area contributed by atoms with E-state index in [-0.39, 0.29) is 41.6 Å². The average Bonchev–Trinajstić information content (AvgIpc) is 2.75. The van der Waals surface area contributed by atoms with E-state index in [0.717, 1.165) is 0 Å². The third kappa shape index (κ3) is 7.56. The van der Waals surface area contributed by atoms with Crippen LogP contribution in [0.1, 0.15) is 53.0 Å². The summed E-state index contributed by atoms with van der Waals surface area (Å²) in [5.74, 6) is -1.44. The molecule has 0 aliphatic carbocycles. The van der Waals surface area contributed by atoms with Crippen LogP contribution in [0.2, 0.25) is 0 Å². The molecule has 0 saturated carbocycles. The number of ketones is 1. The normalized spacial score (nSPS) is 18.0. The summed E-state index contributed by atoms with van der Waals surface area (Å²) in [5.41, 5.74) is 3.70. The summed E-state index contributed by atoms with van der Waals surface area (Å²) < 4.78 is 0. The molecule has 9 heteroatoms. The third-order valence-electron chi connectivity index (χ3n) is 5.64.